The van der Waals surface area contributed by atoms with Gasteiger partial charge in [0.2, 0.25) is 0 Å². The maximum atomic E-state index is 12.1. The Morgan fingerprint density at radius 2 is 1.82 bits per heavy atom. The summed E-state index contributed by atoms with van der Waals surface area (Å²) in [6.45, 7) is 2.47. The van der Waals surface area contributed by atoms with Crippen molar-refractivity contribution >= 4 is 16.9 Å². The van der Waals surface area contributed by atoms with Gasteiger partial charge in [0.25, 0.3) is 5.56 Å². The van der Waals surface area contributed by atoms with Crippen molar-refractivity contribution in [1.82, 2.24) is 19.1 Å². The number of rotatable bonds is 3. The number of nitrogens with zero attached hydrogens (tertiary/aromatic N) is 3. The number of benzene rings is 1. The molecule has 0 aliphatic carbocycles. The summed E-state index contributed by atoms with van der Waals surface area (Å²) < 4.78 is 2.43. The predicted molar refractivity (Wildman–Crippen MR) is 85.1 cm³/mol. The van der Waals surface area contributed by atoms with Crippen molar-refractivity contribution in [3.05, 3.63) is 56.5 Å². The first-order chi connectivity index (χ1) is 10.5. The number of H-pyrrole nitrogens is 1. The van der Waals surface area contributed by atoms with Crippen LogP contribution < -0.4 is 16.6 Å². The van der Waals surface area contributed by atoms with E-state index in [9.17, 15) is 9.59 Å². The Bertz CT molecular complexity index is 947. The summed E-state index contributed by atoms with van der Waals surface area (Å²) in [5, 5.41) is 3.23. The van der Waals surface area contributed by atoms with E-state index in [2.05, 4.69) is 15.3 Å². The van der Waals surface area contributed by atoms with E-state index in [0.717, 1.165) is 10.3 Å². The Balaban J connectivity index is 1.94. The van der Waals surface area contributed by atoms with E-state index < -0.39 is 0 Å². The Morgan fingerprint density at radius 3 is 2.50 bits per heavy atom. The van der Waals surface area contributed by atoms with Gasteiger partial charge in [0, 0.05) is 19.8 Å². The second kappa shape index (κ2) is 5.18. The Labute approximate surface area is 126 Å². The third-order valence-electron chi connectivity index (χ3n) is 3.66. The van der Waals surface area contributed by atoms with Gasteiger partial charge >= 0.3 is 5.69 Å². The molecule has 114 valence electrons. The molecule has 1 aromatic carbocycles. The lowest BCUT2D eigenvalue weighted by atomic mass is 10.2. The standard InChI is InChI=1S/C15H17N5O2/c1-9-4-6-10(7-5-9)16-8-11-17-12-13(18-11)19(2)15(22)20(3)14(12)21/h4-7,16H,8H2,1-3H3,(H,17,18). The number of imidazole rings is 1. The summed E-state index contributed by atoms with van der Waals surface area (Å²) in [6.07, 6.45) is 0. The van der Waals surface area contributed by atoms with Crippen LogP contribution in [-0.4, -0.2) is 19.1 Å². The fraction of sp³-hybridized carbons (Fsp3) is 0.267. The van der Waals surface area contributed by atoms with Crippen molar-refractivity contribution < 1.29 is 0 Å². The van der Waals surface area contributed by atoms with Gasteiger partial charge in [-0.1, -0.05) is 17.7 Å². The van der Waals surface area contributed by atoms with Gasteiger partial charge in [-0.25, -0.2) is 9.78 Å². The van der Waals surface area contributed by atoms with Crippen molar-refractivity contribution in [3.8, 4) is 0 Å². The SMILES string of the molecule is Cc1ccc(NCc2nc3c([nH]2)c(=O)n(C)c(=O)n3C)cc1. The normalized spacial score (nSPS) is 11.0. The second-order valence-corrected chi connectivity index (χ2v) is 5.31. The molecule has 0 fully saturated rings. The highest BCUT2D eigenvalue weighted by molar-refractivity contribution is 5.69. The van der Waals surface area contributed by atoms with Crippen LogP contribution in [0.2, 0.25) is 0 Å². The number of aryl methyl sites for hydroxylation is 2. The molecule has 0 atom stereocenters. The maximum Gasteiger partial charge on any atom is 0.332 e. The summed E-state index contributed by atoms with van der Waals surface area (Å²) in [5.41, 5.74) is 2.11. The minimum absolute atomic E-state index is 0.338. The molecular weight excluding hydrogens is 282 g/mol. The molecule has 7 heteroatoms. The van der Waals surface area contributed by atoms with Crippen LogP contribution in [-0.2, 0) is 20.6 Å². The third-order valence-corrected chi connectivity index (χ3v) is 3.66. The number of hydrogen-bond donors (Lipinski definition) is 2. The first-order valence-electron chi connectivity index (χ1n) is 6.92. The fourth-order valence-corrected chi connectivity index (χ4v) is 2.31. The number of aromatic amines is 1. The first-order valence-corrected chi connectivity index (χ1v) is 6.92. The van der Waals surface area contributed by atoms with E-state index in [1.165, 1.54) is 17.2 Å². The van der Waals surface area contributed by atoms with Crippen LogP contribution in [0.15, 0.2) is 33.9 Å². The van der Waals surface area contributed by atoms with Gasteiger partial charge in [0.15, 0.2) is 5.65 Å². The molecule has 0 aliphatic heterocycles. The van der Waals surface area contributed by atoms with Gasteiger partial charge in [-0.15, -0.1) is 0 Å². The molecule has 22 heavy (non-hydrogen) atoms. The van der Waals surface area contributed by atoms with E-state index in [1.807, 2.05) is 31.2 Å². The zero-order valence-corrected chi connectivity index (χ0v) is 12.7. The van der Waals surface area contributed by atoms with Crippen molar-refractivity contribution in [2.24, 2.45) is 14.1 Å². The van der Waals surface area contributed by atoms with E-state index in [4.69, 9.17) is 0 Å². The largest absolute Gasteiger partial charge is 0.378 e. The maximum absolute atomic E-state index is 12.1. The molecule has 2 aromatic heterocycles. The molecule has 7 nitrogen and oxygen atoms in total. The first kappa shape index (κ1) is 14.1. The van der Waals surface area contributed by atoms with Crippen molar-refractivity contribution in [3.63, 3.8) is 0 Å². The topological polar surface area (TPSA) is 84.7 Å². The molecular formula is C15H17N5O2. The molecule has 0 bridgehead atoms. The van der Waals surface area contributed by atoms with Crippen molar-refractivity contribution in [2.45, 2.75) is 13.5 Å². The zero-order valence-electron chi connectivity index (χ0n) is 12.7. The van der Waals surface area contributed by atoms with Crippen LogP contribution in [0, 0.1) is 6.92 Å². The zero-order chi connectivity index (χ0) is 15.9. The molecule has 0 unspecified atom stereocenters. The molecule has 0 aliphatic rings. The van der Waals surface area contributed by atoms with Crippen LogP contribution in [0.25, 0.3) is 11.2 Å². The van der Waals surface area contributed by atoms with Crippen LogP contribution in [0.3, 0.4) is 0 Å². The lowest BCUT2D eigenvalue weighted by molar-refractivity contribution is 0.708. The smallest absolute Gasteiger partial charge is 0.332 e. The molecule has 0 saturated carbocycles. The third kappa shape index (κ3) is 2.30. The molecule has 0 spiro atoms. The molecule has 2 N–H and O–H groups in total. The minimum atomic E-state index is -0.387. The monoisotopic (exact) mass is 299 g/mol. The van der Waals surface area contributed by atoms with E-state index in [1.54, 1.807) is 7.05 Å². The van der Waals surface area contributed by atoms with Gasteiger partial charge in [0.05, 0.1) is 6.54 Å². The summed E-state index contributed by atoms with van der Waals surface area (Å²) in [5.74, 6) is 0.605. The number of hydrogen-bond acceptors (Lipinski definition) is 4. The lowest BCUT2D eigenvalue weighted by Gasteiger charge is -2.04. The number of anilines is 1. The fourth-order valence-electron chi connectivity index (χ4n) is 2.31. The summed E-state index contributed by atoms with van der Waals surface area (Å²) >= 11 is 0. The van der Waals surface area contributed by atoms with Gasteiger partial charge in [-0.2, -0.15) is 0 Å². The van der Waals surface area contributed by atoms with Crippen LogP contribution >= 0.6 is 0 Å². The number of fused-ring (bicyclic) bond motifs is 1. The van der Waals surface area contributed by atoms with E-state index >= 15 is 0 Å². The van der Waals surface area contributed by atoms with Crippen molar-refractivity contribution in [1.29, 1.82) is 0 Å². The van der Waals surface area contributed by atoms with Crippen LogP contribution in [0.1, 0.15) is 11.4 Å². The quantitative estimate of drug-likeness (QED) is 0.752. The minimum Gasteiger partial charge on any atom is -0.378 e. The summed E-state index contributed by atoms with van der Waals surface area (Å²) in [7, 11) is 3.05. The molecule has 2 heterocycles. The van der Waals surface area contributed by atoms with E-state index in [-0.39, 0.29) is 11.2 Å². The Hall–Kier alpha value is -2.83. The molecule has 3 rings (SSSR count). The highest BCUT2D eigenvalue weighted by atomic mass is 16.2. The van der Waals surface area contributed by atoms with Gasteiger partial charge in [-0.3, -0.25) is 13.9 Å². The summed E-state index contributed by atoms with van der Waals surface area (Å²) in [4.78, 5) is 31.3. The van der Waals surface area contributed by atoms with Gasteiger partial charge in [-0.05, 0) is 19.1 Å². The van der Waals surface area contributed by atoms with E-state index in [0.29, 0.717) is 23.5 Å². The van der Waals surface area contributed by atoms with Crippen LogP contribution in [0.5, 0.6) is 0 Å². The Morgan fingerprint density at radius 1 is 1.14 bits per heavy atom. The highest BCUT2D eigenvalue weighted by Crippen LogP contribution is 2.11. The molecule has 0 radical (unpaired) electrons. The molecule has 0 saturated heterocycles. The predicted octanol–water partition coefficient (Wildman–Crippen LogP) is 0.881. The number of aromatic nitrogens is 4. The average Bonchev–Trinajstić information content (AvgIpc) is 2.95. The van der Waals surface area contributed by atoms with Gasteiger partial charge < -0.3 is 10.3 Å². The van der Waals surface area contributed by atoms with Gasteiger partial charge in [0.1, 0.15) is 11.3 Å². The van der Waals surface area contributed by atoms with Crippen molar-refractivity contribution in [2.75, 3.05) is 5.32 Å². The van der Waals surface area contributed by atoms with Crippen LogP contribution in [0.4, 0.5) is 5.69 Å². The number of nitrogens with one attached hydrogen (secondary N) is 2. The second-order valence-electron chi connectivity index (χ2n) is 5.31. The lowest BCUT2D eigenvalue weighted by Crippen LogP contribution is -2.36. The average molecular weight is 299 g/mol. The Kier molecular flexibility index (Phi) is 3.32. The molecule has 0 amide bonds. The molecule has 3 aromatic rings. The highest BCUT2D eigenvalue weighted by Gasteiger charge is 2.13. The summed E-state index contributed by atoms with van der Waals surface area (Å²) in [6, 6.07) is 7.99.